The van der Waals surface area contributed by atoms with Crippen molar-refractivity contribution in [3.05, 3.63) is 29.6 Å². The van der Waals surface area contributed by atoms with Gasteiger partial charge in [0.05, 0.1) is 36.0 Å². The molecule has 0 aliphatic carbocycles. The summed E-state index contributed by atoms with van der Waals surface area (Å²) in [4.78, 5) is 23.2. The third-order valence-corrected chi connectivity index (χ3v) is 7.77. The Kier molecular flexibility index (Phi) is 6.13. The Morgan fingerprint density at radius 1 is 1.00 bits per heavy atom. The monoisotopic (exact) mass is 486 g/mol. The number of hydrogen-bond acceptors (Lipinski definition) is 9. The van der Waals surface area contributed by atoms with Gasteiger partial charge in [-0.1, -0.05) is 19.1 Å². The van der Waals surface area contributed by atoms with E-state index in [9.17, 15) is 8.42 Å². The van der Waals surface area contributed by atoms with Crippen LogP contribution in [0.4, 0.5) is 11.9 Å². The van der Waals surface area contributed by atoms with Crippen LogP contribution in [0.1, 0.15) is 24.7 Å². The number of nitrogens with one attached hydrogen (secondary N) is 1. The first kappa shape index (κ1) is 22.9. The molecule has 0 amide bonds. The third kappa shape index (κ3) is 4.44. The fraction of sp³-hybridized carbons (Fsp3) is 0.545. The standard InChI is InChI=1S/C22H30N8O3S/c1-4-12-34(31,32)27-17-13-29(14-17)21-24-20(28-8-10-33-11-9-28)25-22(26-21)30-16(3)23-19-15(2)6-5-7-18(19)30/h5-7,17,27H,4,8-14H2,1-3H3. The number of hydrogen-bond donors (Lipinski definition) is 1. The van der Waals surface area contributed by atoms with Gasteiger partial charge in [0, 0.05) is 26.2 Å². The number of benzene rings is 1. The summed E-state index contributed by atoms with van der Waals surface area (Å²) in [6.45, 7) is 9.50. The van der Waals surface area contributed by atoms with Crippen LogP contribution in [-0.2, 0) is 14.8 Å². The van der Waals surface area contributed by atoms with E-state index >= 15 is 0 Å². The summed E-state index contributed by atoms with van der Waals surface area (Å²) in [5.74, 6) is 2.56. The molecule has 12 heteroatoms. The van der Waals surface area contributed by atoms with Gasteiger partial charge in [-0.25, -0.2) is 18.1 Å². The zero-order chi connectivity index (χ0) is 23.9. The van der Waals surface area contributed by atoms with E-state index in [4.69, 9.17) is 24.7 Å². The molecular weight excluding hydrogens is 456 g/mol. The number of para-hydroxylation sites is 1. The first-order valence-corrected chi connectivity index (χ1v) is 13.3. The summed E-state index contributed by atoms with van der Waals surface area (Å²) in [7, 11) is -3.26. The molecule has 2 saturated heterocycles. The molecule has 5 rings (SSSR count). The Morgan fingerprint density at radius 3 is 2.38 bits per heavy atom. The molecule has 0 atom stereocenters. The number of rotatable bonds is 7. The number of sulfonamides is 1. The van der Waals surface area contributed by atoms with Gasteiger partial charge in [-0.3, -0.25) is 4.57 Å². The van der Waals surface area contributed by atoms with Crippen molar-refractivity contribution in [3.63, 3.8) is 0 Å². The van der Waals surface area contributed by atoms with Crippen molar-refractivity contribution in [2.45, 2.75) is 33.2 Å². The van der Waals surface area contributed by atoms with Crippen molar-refractivity contribution in [1.29, 1.82) is 0 Å². The van der Waals surface area contributed by atoms with E-state index in [1.165, 1.54) is 0 Å². The van der Waals surface area contributed by atoms with E-state index in [1.54, 1.807) is 0 Å². The largest absolute Gasteiger partial charge is 0.378 e. The van der Waals surface area contributed by atoms with Gasteiger partial charge < -0.3 is 14.5 Å². The number of morpholine rings is 1. The Labute approximate surface area is 199 Å². The second-order valence-corrected chi connectivity index (χ2v) is 10.7. The molecule has 0 unspecified atom stereocenters. The molecule has 182 valence electrons. The quantitative estimate of drug-likeness (QED) is 0.525. The Morgan fingerprint density at radius 2 is 1.68 bits per heavy atom. The second-order valence-electron chi connectivity index (χ2n) is 8.81. The van der Waals surface area contributed by atoms with Gasteiger partial charge in [0.2, 0.25) is 27.9 Å². The normalized spacial score (nSPS) is 17.4. The predicted molar refractivity (Wildman–Crippen MR) is 130 cm³/mol. The molecule has 3 aromatic rings. The summed E-state index contributed by atoms with van der Waals surface area (Å²) in [6, 6.07) is 5.91. The predicted octanol–water partition coefficient (Wildman–Crippen LogP) is 1.18. The van der Waals surface area contributed by atoms with Crippen molar-refractivity contribution in [1.82, 2.24) is 29.2 Å². The van der Waals surface area contributed by atoms with Crippen molar-refractivity contribution in [3.8, 4) is 5.95 Å². The Balaban J connectivity index is 1.50. The van der Waals surface area contributed by atoms with Gasteiger partial charge in [0.1, 0.15) is 5.82 Å². The lowest BCUT2D eigenvalue weighted by atomic mass is 10.1. The molecule has 2 fully saturated rings. The number of imidazole rings is 1. The van der Waals surface area contributed by atoms with E-state index in [-0.39, 0.29) is 11.8 Å². The lowest BCUT2D eigenvalue weighted by Gasteiger charge is -2.39. The molecule has 0 bridgehead atoms. The van der Waals surface area contributed by atoms with Gasteiger partial charge in [0.15, 0.2) is 0 Å². The summed E-state index contributed by atoms with van der Waals surface area (Å²) < 4.78 is 34.5. The van der Waals surface area contributed by atoms with Crippen LogP contribution in [-0.4, -0.2) is 84.1 Å². The van der Waals surface area contributed by atoms with Crippen molar-refractivity contribution in [2.24, 2.45) is 0 Å². The SMILES string of the molecule is CCCS(=O)(=O)NC1CN(c2nc(N3CCOCC3)nc(-n3c(C)nc4c(C)cccc43)n2)C1. The smallest absolute Gasteiger partial charge is 0.242 e. The average Bonchev–Trinajstić information content (AvgIpc) is 3.13. The summed E-state index contributed by atoms with van der Waals surface area (Å²) in [6.07, 6.45) is 0.586. The third-order valence-electron chi connectivity index (χ3n) is 6.13. The Hall–Kier alpha value is -2.83. The number of aryl methyl sites for hydroxylation is 2. The average molecular weight is 487 g/mol. The molecule has 0 saturated carbocycles. The highest BCUT2D eigenvalue weighted by molar-refractivity contribution is 7.89. The number of aromatic nitrogens is 5. The highest BCUT2D eigenvalue weighted by Gasteiger charge is 2.33. The second kappa shape index (κ2) is 9.08. The molecule has 2 aliphatic heterocycles. The van der Waals surface area contributed by atoms with E-state index < -0.39 is 10.0 Å². The number of fused-ring (bicyclic) bond motifs is 1. The van der Waals surface area contributed by atoms with Crippen molar-refractivity contribution < 1.29 is 13.2 Å². The van der Waals surface area contributed by atoms with Crippen LogP contribution in [0.25, 0.3) is 17.0 Å². The minimum Gasteiger partial charge on any atom is -0.378 e. The highest BCUT2D eigenvalue weighted by atomic mass is 32.2. The fourth-order valence-corrected chi connectivity index (χ4v) is 5.71. The van der Waals surface area contributed by atoms with Gasteiger partial charge in [-0.2, -0.15) is 15.0 Å². The molecule has 0 radical (unpaired) electrons. The number of nitrogens with zero attached hydrogens (tertiary/aromatic N) is 7. The summed E-state index contributed by atoms with van der Waals surface area (Å²) in [5, 5.41) is 0. The summed E-state index contributed by atoms with van der Waals surface area (Å²) >= 11 is 0. The maximum absolute atomic E-state index is 12.1. The molecule has 34 heavy (non-hydrogen) atoms. The minimum atomic E-state index is -3.26. The highest BCUT2D eigenvalue weighted by Crippen LogP contribution is 2.26. The molecule has 1 aromatic carbocycles. The first-order valence-electron chi connectivity index (χ1n) is 11.6. The van der Waals surface area contributed by atoms with Crippen LogP contribution in [0.2, 0.25) is 0 Å². The topological polar surface area (TPSA) is 118 Å². The molecule has 11 nitrogen and oxygen atoms in total. The van der Waals surface area contributed by atoms with Gasteiger partial charge >= 0.3 is 0 Å². The molecule has 2 aromatic heterocycles. The number of anilines is 2. The Bertz CT molecular complexity index is 1300. The minimum absolute atomic E-state index is 0.132. The van der Waals surface area contributed by atoms with Crippen LogP contribution < -0.4 is 14.5 Å². The van der Waals surface area contributed by atoms with Crippen LogP contribution in [0.15, 0.2) is 18.2 Å². The zero-order valence-corrected chi connectivity index (χ0v) is 20.5. The molecule has 0 spiro atoms. The fourth-order valence-electron chi connectivity index (χ4n) is 4.40. The van der Waals surface area contributed by atoms with Crippen LogP contribution in [0.5, 0.6) is 0 Å². The van der Waals surface area contributed by atoms with Crippen LogP contribution in [0, 0.1) is 13.8 Å². The zero-order valence-electron chi connectivity index (χ0n) is 19.7. The van der Waals surface area contributed by atoms with E-state index in [0.717, 1.165) is 22.4 Å². The van der Waals surface area contributed by atoms with Crippen molar-refractivity contribution in [2.75, 3.05) is 54.9 Å². The maximum Gasteiger partial charge on any atom is 0.242 e. The molecule has 2 aliphatic rings. The summed E-state index contributed by atoms with van der Waals surface area (Å²) in [5.41, 5.74) is 2.95. The van der Waals surface area contributed by atoms with E-state index in [1.807, 2.05) is 48.4 Å². The lowest BCUT2D eigenvalue weighted by molar-refractivity contribution is 0.122. The van der Waals surface area contributed by atoms with E-state index in [2.05, 4.69) is 9.62 Å². The van der Waals surface area contributed by atoms with Crippen LogP contribution >= 0.6 is 0 Å². The van der Waals surface area contributed by atoms with Crippen molar-refractivity contribution >= 4 is 33.0 Å². The van der Waals surface area contributed by atoms with Gasteiger partial charge in [-0.15, -0.1) is 0 Å². The van der Waals surface area contributed by atoms with Gasteiger partial charge in [-0.05, 0) is 31.9 Å². The maximum atomic E-state index is 12.1. The lowest BCUT2D eigenvalue weighted by Crippen LogP contribution is -2.60. The van der Waals surface area contributed by atoms with Crippen LogP contribution in [0.3, 0.4) is 0 Å². The van der Waals surface area contributed by atoms with E-state index in [0.29, 0.717) is 63.7 Å². The first-order chi connectivity index (χ1) is 16.3. The van der Waals surface area contributed by atoms with Gasteiger partial charge in [0.25, 0.3) is 0 Å². The molecular formula is C22H30N8O3S. The number of ether oxygens (including phenoxy) is 1. The molecule has 4 heterocycles. The molecule has 1 N–H and O–H groups in total.